The summed E-state index contributed by atoms with van der Waals surface area (Å²) in [5, 5.41) is 2.96. The van der Waals surface area contributed by atoms with Gasteiger partial charge in [-0.05, 0) is 51.7 Å². The topological polar surface area (TPSA) is 47.6 Å². The molecule has 1 unspecified atom stereocenters. The second-order valence-corrected chi connectivity index (χ2v) is 6.20. The maximum absolute atomic E-state index is 12.2. The minimum absolute atomic E-state index is 0.0815. The van der Waals surface area contributed by atoms with Crippen molar-refractivity contribution in [1.82, 2.24) is 5.32 Å². The lowest BCUT2D eigenvalue weighted by atomic mass is 10.0. The molecule has 0 aromatic heterocycles. The zero-order valence-corrected chi connectivity index (χ0v) is 13.1. The Labute approximate surface area is 126 Å². The molecule has 1 aromatic rings. The molecule has 0 radical (unpaired) electrons. The van der Waals surface area contributed by atoms with Crippen LogP contribution in [0.4, 0.5) is 0 Å². The van der Waals surface area contributed by atoms with Crippen LogP contribution in [0.15, 0.2) is 24.3 Å². The number of nitrogens with one attached hydrogen (secondary N) is 1. The van der Waals surface area contributed by atoms with Crippen molar-refractivity contribution in [1.29, 1.82) is 0 Å². The van der Waals surface area contributed by atoms with Crippen molar-refractivity contribution >= 4 is 5.91 Å². The lowest BCUT2D eigenvalue weighted by Crippen LogP contribution is -2.47. The third kappa shape index (κ3) is 4.74. The van der Waals surface area contributed by atoms with Gasteiger partial charge in [0.15, 0.2) is 5.60 Å². The summed E-state index contributed by atoms with van der Waals surface area (Å²) < 4.78 is 11.1. The quantitative estimate of drug-likeness (QED) is 0.876. The van der Waals surface area contributed by atoms with Crippen LogP contribution in [0.5, 0.6) is 5.75 Å². The summed E-state index contributed by atoms with van der Waals surface area (Å²) in [5.74, 6) is 1.21. The van der Waals surface area contributed by atoms with Gasteiger partial charge in [0.25, 0.3) is 5.91 Å². The van der Waals surface area contributed by atoms with Crippen LogP contribution < -0.4 is 10.1 Å². The van der Waals surface area contributed by atoms with Gasteiger partial charge in [0.2, 0.25) is 0 Å². The molecule has 1 atom stereocenters. The van der Waals surface area contributed by atoms with Crippen molar-refractivity contribution < 1.29 is 14.3 Å². The molecule has 0 saturated carbocycles. The van der Waals surface area contributed by atoms with Crippen LogP contribution in [0.1, 0.15) is 32.3 Å². The maximum atomic E-state index is 12.2. The third-order valence-corrected chi connectivity index (χ3v) is 3.80. The van der Waals surface area contributed by atoms with E-state index >= 15 is 0 Å². The summed E-state index contributed by atoms with van der Waals surface area (Å²) in [4.78, 5) is 12.2. The number of carbonyl (C=O) groups is 1. The van der Waals surface area contributed by atoms with Crippen molar-refractivity contribution in [2.45, 2.75) is 39.2 Å². The van der Waals surface area contributed by atoms with Crippen LogP contribution >= 0.6 is 0 Å². The smallest absolute Gasteiger partial charge is 0.263 e. The molecular weight excluding hydrogens is 266 g/mol. The number of hydrogen-bond acceptors (Lipinski definition) is 3. The standard InChI is InChI=1S/C17H25NO3/c1-13-4-6-15(7-5-13)21-17(2,3)16(19)18-10-8-14-9-11-20-12-14/h4-7,14H,8-12H2,1-3H3,(H,18,19). The second kappa shape index (κ2) is 6.94. The van der Waals surface area contributed by atoms with Gasteiger partial charge in [0.1, 0.15) is 5.75 Å². The zero-order chi connectivity index (χ0) is 15.3. The largest absolute Gasteiger partial charge is 0.478 e. The van der Waals surface area contributed by atoms with E-state index in [0.29, 0.717) is 18.2 Å². The number of aryl methyl sites for hydroxylation is 1. The van der Waals surface area contributed by atoms with Crippen LogP contribution in [0.3, 0.4) is 0 Å². The van der Waals surface area contributed by atoms with Gasteiger partial charge < -0.3 is 14.8 Å². The van der Waals surface area contributed by atoms with Crippen LogP contribution in [0.2, 0.25) is 0 Å². The molecule has 4 heteroatoms. The number of amides is 1. The van der Waals surface area contributed by atoms with E-state index in [1.807, 2.05) is 31.2 Å². The molecule has 0 bridgehead atoms. The number of ether oxygens (including phenoxy) is 2. The molecule has 1 N–H and O–H groups in total. The van der Waals surface area contributed by atoms with Crippen molar-refractivity contribution in [2.75, 3.05) is 19.8 Å². The Bertz CT molecular complexity index is 461. The molecule has 4 nitrogen and oxygen atoms in total. The van der Waals surface area contributed by atoms with Crippen molar-refractivity contribution in [3.63, 3.8) is 0 Å². The Morgan fingerprint density at radius 3 is 2.71 bits per heavy atom. The van der Waals surface area contributed by atoms with E-state index in [1.165, 1.54) is 5.56 Å². The first-order valence-electron chi connectivity index (χ1n) is 7.59. The highest BCUT2D eigenvalue weighted by atomic mass is 16.5. The highest BCUT2D eigenvalue weighted by Crippen LogP contribution is 2.19. The Kier molecular flexibility index (Phi) is 5.23. The fourth-order valence-corrected chi connectivity index (χ4v) is 2.36. The first-order chi connectivity index (χ1) is 9.97. The summed E-state index contributed by atoms with van der Waals surface area (Å²) in [6, 6.07) is 7.73. The summed E-state index contributed by atoms with van der Waals surface area (Å²) in [6.45, 7) is 7.95. The normalized spacial score (nSPS) is 18.5. The molecule has 1 aliphatic rings. The van der Waals surface area contributed by atoms with Gasteiger partial charge in [0.05, 0.1) is 0 Å². The Morgan fingerprint density at radius 2 is 2.10 bits per heavy atom. The molecule has 0 aliphatic carbocycles. The van der Waals surface area contributed by atoms with Crippen molar-refractivity contribution in [2.24, 2.45) is 5.92 Å². The van der Waals surface area contributed by atoms with Crippen molar-refractivity contribution in [3.05, 3.63) is 29.8 Å². The fourth-order valence-electron chi connectivity index (χ4n) is 2.36. The minimum atomic E-state index is -0.874. The predicted molar refractivity (Wildman–Crippen MR) is 82.4 cm³/mol. The van der Waals surface area contributed by atoms with Gasteiger partial charge in [-0.3, -0.25) is 4.79 Å². The molecule has 1 saturated heterocycles. The first-order valence-corrected chi connectivity index (χ1v) is 7.59. The molecular formula is C17H25NO3. The van der Waals surface area contributed by atoms with Crippen LogP contribution in [0, 0.1) is 12.8 Å². The van der Waals surface area contributed by atoms with E-state index in [0.717, 1.165) is 26.1 Å². The molecule has 116 valence electrons. The highest BCUT2D eigenvalue weighted by Gasteiger charge is 2.29. The van der Waals surface area contributed by atoms with Gasteiger partial charge in [0, 0.05) is 19.8 Å². The Morgan fingerprint density at radius 1 is 1.38 bits per heavy atom. The number of carbonyl (C=O) groups excluding carboxylic acids is 1. The van der Waals surface area contributed by atoms with E-state index in [1.54, 1.807) is 13.8 Å². The molecule has 1 heterocycles. The summed E-state index contributed by atoms with van der Waals surface area (Å²) in [7, 11) is 0. The van der Waals surface area contributed by atoms with E-state index in [9.17, 15) is 4.79 Å². The SMILES string of the molecule is Cc1ccc(OC(C)(C)C(=O)NCCC2CCOC2)cc1. The van der Waals surface area contributed by atoms with Crippen LogP contribution in [-0.4, -0.2) is 31.3 Å². The predicted octanol–water partition coefficient (Wildman–Crippen LogP) is 2.70. The van der Waals surface area contributed by atoms with Gasteiger partial charge in [-0.25, -0.2) is 0 Å². The van der Waals surface area contributed by atoms with E-state index in [2.05, 4.69) is 5.32 Å². The molecule has 2 rings (SSSR count). The maximum Gasteiger partial charge on any atom is 0.263 e. The fraction of sp³-hybridized carbons (Fsp3) is 0.588. The summed E-state index contributed by atoms with van der Waals surface area (Å²) in [5.41, 5.74) is 0.296. The summed E-state index contributed by atoms with van der Waals surface area (Å²) in [6.07, 6.45) is 2.06. The summed E-state index contributed by atoms with van der Waals surface area (Å²) >= 11 is 0. The first kappa shape index (κ1) is 15.8. The molecule has 1 amide bonds. The Hall–Kier alpha value is -1.55. The van der Waals surface area contributed by atoms with Crippen LogP contribution in [0.25, 0.3) is 0 Å². The lowest BCUT2D eigenvalue weighted by molar-refractivity contribution is -0.134. The van der Waals surface area contributed by atoms with Gasteiger partial charge in [-0.1, -0.05) is 17.7 Å². The number of benzene rings is 1. The van der Waals surface area contributed by atoms with E-state index < -0.39 is 5.60 Å². The minimum Gasteiger partial charge on any atom is -0.478 e. The second-order valence-electron chi connectivity index (χ2n) is 6.20. The van der Waals surface area contributed by atoms with E-state index in [-0.39, 0.29) is 5.91 Å². The number of hydrogen-bond donors (Lipinski definition) is 1. The average Bonchev–Trinajstić information content (AvgIpc) is 2.94. The number of rotatable bonds is 6. The third-order valence-electron chi connectivity index (χ3n) is 3.80. The lowest BCUT2D eigenvalue weighted by Gasteiger charge is -2.25. The van der Waals surface area contributed by atoms with Gasteiger partial charge >= 0.3 is 0 Å². The molecule has 0 spiro atoms. The molecule has 1 aliphatic heterocycles. The average molecular weight is 291 g/mol. The van der Waals surface area contributed by atoms with Gasteiger partial charge in [-0.15, -0.1) is 0 Å². The van der Waals surface area contributed by atoms with Crippen LogP contribution in [-0.2, 0) is 9.53 Å². The monoisotopic (exact) mass is 291 g/mol. The van der Waals surface area contributed by atoms with Gasteiger partial charge in [-0.2, -0.15) is 0 Å². The molecule has 1 fully saturated rings. The van der Waals surface area contributed by atoms with Crippen molar-refractivity contribution in [3.8, 4) is 5.75 Å². The molecule has 21 heavy (non-hydrogen) atoms. The Balaban J connectivity index is 1.79. The highest BCUT2D eigenvalue weighted by molar-refractivity contribution is 5.84. The van der Waals surface area contributed by atoms with E-state index in [4.69, 9.17) is 9.47 Å². The molecule has 1 aromatic carbocycles. The zero-order valence-electron chi connectivity index (χ0n) is 13.1.